The monoisotopic (exact) mass is 427 g/mol. The Hall–Kier alpha value is -2.45. The third-order valence-electron chi connectivity index (χ3n) is 5.56. The van der Waals surface area contributed by atoms with Crippen molar-refractivity contribution in [2.24, 2.45) is 16.5 Å². The molecule has 1 spiro atoms. The molecule has 3 heterocycles. The van der Waals surface area contributed by atoms with Gasteiger partial charge in [-0.25, -0.2) is 9.57 Å². The highest BCUT2D eigenvalue weighted by molar-refractivity contribution is 7.86. The first-order valence-corrected chi connectivity index (χ1v) is 10.3. The van der Waals surface area contributed by atoms with E-state index in [1.807, 2.05) is 0 Å². The summed E-state index contributed by atoms with van der Waals surface area (Å²) in [6, 6.07) is 4.16. The van der Waals surface area contributed by atoms with Crippen molar-refractivity contribution in [1.29, 1.82) is 0 Å². The third kappa shape index (κ3) is 2.69. The number of nitrogens with two attached hydrogens (primary N) is 2. The van der Waals surface area contributed by atoms with Gasteiger partial charge in [-0.05, 0) is 19.1 Å². The number of nitrogens with one attached hydrogen (secondary N) is 2. The molecule has 9 N–H and O–H groups in total. The summed E-state index contributed by atoms with van der Waals surface area (Å²) < 4.78 is 32.0. The summed E-state index contributed by atoms with van der Waals surface area (Å²) in [5.41, 5.74) is 10.8. The Morgan fingerprint density at radius 3 is 2.59 bits per heavy atom. The number of aliphatic hydroxyl groups excluding tert-OH is 1. The molecule has 12 nitrogen and oxygen atoms in total. The van der Waals surface area contributed by atoms with Crippen LogP contribution in [0.4, 0.5) is 0 Å². The first kappa shape index (κ1) is 19.8. The Labute approximate surface area is 166 Å². The van der Waals surface area contributed by atoms with Crippen molar-refractivity contribution in [2.45, 2.75) is 41.5 Å². The van der Waals surface area contributed by atoms with E-state index in [2.05, 4.69) is 15.6 Å². The summed E-state index contributed by atoms with van der Waals surface area (Å²) in [6.07, 6.45) is -1.62. The number of aliphatic hydroxyl groups is 3. The number of aliphatic imine (C=N–C) groups is 1. The molecule has 13 heteroatoms. The van der Waals surface area contributed by atoms with Crippen LogP contribution in [0.5, 0.6) is 0 Å². The summed E-state index contributed by atoms with van der Waals surface area (Å²) in [5, 5.41) is 37.3. The maximum atomic E-state index is 12.7. The second kappa shape index (κ2) is 6.27. The number of benzene rings is 1. The predicted octanol–water partition coefficient (Wildman–Crippen LogP) is -3.96. The molecule has 1 aromatic carbocycles. The van der Waals surface area contributed by atoms with Crippen molar-refractivity contribution < 1.29 is 32.5 Å². The number of hydrogen-bond donors (Lipinski definition) is 7. The van der Waals surface area contributed by atoms with Gasteiger partial charge in [0.15, 0.2) is 18.1 Å². The van der Waals surface area contributed by atoms with E-state index in [1.54, 1.807) is 19.1 Å². The molecular weight excluding hydrogens is 404 g/mol. The van der Waals surface area contributed by atoms with Crippen molar-refractivity contribution in [2.75, 3.05) is 13.2 Å². The molecule has 3 aliphatic heterocycles. The van der Waals surface area contributed by atoms with Gasteiger partial charge in [-0.1, -0.05) is 17.7 Å². The minimum absolute atomic E-state index is 0.0102. The first-order chi connectivity index (χ1) is 13.5. The van der Waals surface area contributed by atoms with E-state index in [4.69, 9.17) is 15.7 Å². The molecule has 1 fully saturated rings. The quantitative estimate of drug-likeness (QED) is 0.141. The molecule has 0 radical (unpaired) electrons. The van der Waals surface area contributed by atoms with Gasteiger partial charge in [-0.2, -0.15) is 8.42 Å². The Balaban J connectivity index is 1.74. The van der Waals surface area contributed by atoms with Crippen LogP contribution in [0, 0.1) is 6.92 Å². The van der Waals surface area contributed by atoms with Crippen molar-refractivity contribution in [3.8, 4) is 0 Å². The molecular formula is C16H23N6O6S+. The maximum Gasteiger partial charge on any atom is 0.346 e. The lowest BCUT2D eigenvalue weighted by Gasteiger charge is -2.43. The standard InChI is InChI=1S/C16H22N6O6S/c1-8-2-4-9(5-3-8)29(26,27)28-11-6-22-14(18)19-10(7-23)12-15(22,16(11,24)25)21-13(17)20-12/h2-5,10-12,23-25H,6-7H2,1H3,(H5,17,18,19,20,21)/p+1/t10-,11-,12-,15-/m0/s1. The Morgan fingerprint density at radius 2 is 1.97 bits per heavy atom. The van der Waals surface area contributed by atoms with Crippen LogP contribution < -0.4 is 22.1 Å². The topological polar surface area (TPSA) is 196 Å². The molecule has 1 saturated heterocycles. The highest BCUT2D eigenvalue weighted by Gasteiger charge is 2.75. The SMILES string of the molecule is Cc1ccc(S(=O)(=O)O[C@H]2C[N+]3=C(N)N[C@@H](CO)[C@@H]4N=C(N)N[C@@]43C2(O)O)cc1. The smallest absolute Gasteiger partial charge is 0.346 e. The average Bonchev–Trinajstić information content (AvgIpc) is 3.11. The number of nitrogens with zero attached hydrogens (tertiary/aromatic N) is 2. The van der Waals surface area contributed by atoms with E-state index in [1.165, 1.54) is 16.7 Å². The van der Waals surface area contributed by atoms with Gasteiger partial charge in [0.25, 0.3) is 15.9 Å². The minimum atomic E-state index is -4.32. The fourth-order valence-electron chi connectivity index (χ4n) is 4.14. The number of aryl methyl sites for hydroxylation is 1. The van der Waals surface area contributed by atoms with E-state index in [9.17, 15) is 23.7 Å². The Morgan fingerprint density at radius 1 is 1.31 bits per heavy atom. The number of rotatable bonds is 4. The third-order valence-corrected chi connectivity index (χ3v) is 6.90. The Kier molecular flexibility index (Phi) is 4.29. The van der Waals surface area contributed by atoms with Gasteiger partial charge < -0.3 is 26.4 Å². The van der Waals surface area contributed by atoms with Crippen LogP contribution in [0.1, 0.15) is 5.56 Å². The lowest BCUT2D eigenvalue weighted by Crippen LogP contribution is -2.78. The molecule has 0 saturated carbocycles. The van der Waals surface area contributed by atoms with Gasteiger partial charge in [0.2, 0.25) is 5.66 Å². The fourth-order valence-corrected chi connectivity index (χ4v) is 5.22. The highest BCUT2D eigenvalue weighted by atomic mass is 32.2. The van der Waals surface area contributed by atoms with E-state index < -0.39 is 46.4 Å². The van der Waals surface area contributed by atoms with E-state index >= 15 is 0 Å². The molecule has 4 rings (SSSR count). The van der Waals surface area contributed by atoms with Crippen LogP contribution >= 0.6 is 0 Å². The van der Waals surface area contributed by atoms with Crippen molar-refractivity contribution in [1.82, 2.24) is 10.6 Å². The van der Waals surface area contributed by atoms with Crippen LogP contribution in [0.3, 0.4) is 0 Å². The second-order valence-corrected chi connectivity index (χ2v) is 8.93. The van der Waals surface area contributed by atoms with Gasteiger partial charge in [0.05, 0.1) is 11.5 Å². The van der Waals surface area contributed by atoms with E-state index in [0.29, 0.717) is 0 Å². The normalized spacial score (nSPS) is 32.8. The lowest BCUT2D eigenvalue weighted by molar-refractivity contribution is -0.623. The minimum Gasteiger partial charge on any atom is -0.393 e. The maximum absolute atomic E-state index is 12.7. The van der Waals surface area contributed by atoms with Crippen LogP contribution in [0.2, 0.25) is 0 Å². The van der Waals surface area contributed by atoms with Crippen LogP contribution in [-0.4, -0.2) is 83.0 Å². The van der Waals surface area contributed by atoms with Gasteiger partial charge in [0.1, 0.15) is 12.6 Å². The molecule has 4 atom stereocenters. The zero-order chi connectivity index (χ0) is 21.2. The number of hydrogen-bond acceptors (Lipinski definition) is 11. The lowest BCUT2D eigenvalue weighted by atomic mass is 9.86. The first-order valence-electron chi connectivity index (χ1n) is 8.86. The predicted molar refractivity (Wildman–Crippen MR) is 100 cm³/mol. The number of guanidine groups is 2. The van der Waals surface area contributed by atoms with Crippen molar-refractivity contribution >= 4 is 22.0 Å². The molecule has 0 unspecified atom stereocenters. The average molecular weight is 427 g/mol. The zero-order valence-corrected chi connectivity index (χ0v) is 16.3. The summed E-state index contributed by atoms with van der Waals surface area (Å²) in [4.78, 5) is 4.02. The molecule has 0 aromatic heterocycles. The van der Waals surface area contributed by atoms with Crippen molar-refractivity contribution in [3.63, 3.8) is 0 Å². The highest BCUT2D eigenvalue weighted by Crippen LogP contribution is 2.43. The molecule has 0 bridgehead atoms. The van der Waals surface area contributed by atoms with Crippen LogP contribution in [-0.2, 0) is 14.3 Å². The molecule has 3 aliphatic rings. The summed E-state index contributed by atoms with van der Waals surface area (Å²) in [7, 11) is -4.32. The molecule has 0 aliphatic carbocycles. The summed E-state index contributed by atoms with van der Waals surface area (Å²) in [5.74, 6) is -2.89. The van der Waals surface area contributed by atoms with Crippen LogP contribution in [0.25, 0.3) is 0 Å². The van der Waals surface area contributed by atoms with Crippen molar-refractivity contribution in [3.05, 3.63) is 29.8 Å². The molecule has 158 valence electrons. The van der Waals surface area contributed by atoms with E-state index in [-0.39, 0.29) is 23.4 Å². The van der Waals surface area contributed by atoms with Crippen LogP contribution in [0.15, 0.2) is 34.2 Å². The fraction of sp³-hybridized carbons (Fsp3) is 0.500. The summed E-state index contributed by atoms with van der Waals surface area (Å²) >= 11 is 0. The molecule has 0 amide bonds. The second-order valence-electron chi connectivity index (χ2n) is 7.36. The van der Waals surface area contributed by atoms with Gasteiger partial charge in [0, 0.05) is 0 Å². The van der Waals surface area contributed by atoms with Gasteiger partial charge in [-0.15, -0.1) is 0 Å². The molecule has 29 heavy (non-hydrogen) atoms. The van der Waals surface area contributed by atoms with Gasteiger partial charge in [-0.3, -0.25) is 15.2 Å². The largest absolute Gasteiger partial charge is 0.393 e. The summed E-state index contributed by atoms with van der Waals surface area (Å²) in [6.45, 7) is 1.08. The Bertz CT molecular complexity index is 1010. The molecule has 1 aromatic rings. The van der Waals surface area contributed by atoms with Gasteiger partial charge >= 0.3 is 5.96 Å². The van der Waals surface area contributed by atoms with E-state index in [0.717, 1.165) is 5.56 Å². The zero-order valence-electron chi connectivity index (χ0n) is 15.5.